The van der Waals surface area contributed by atoms with Crippen LogP contribution in [0.4, 0.5) is 13.2 Å². The first-order chi connectivity index (χ1) is 7.87. The molecule has 0 radical (unpaired) electrons. The zero-order valence-corrected chi connectivity index (χ0v) is 9.05. The molecule has 0 amide bonds. The van der Waals surface area contributed by atoms with Gasteiger partial charge in [0.1, 0.15) is 5.75 Å². The minimum atomic E-state index is -4.20. The lowest BCUT2D eigenvalue weighted by molar-refractivity contribution is -0.139. The van der Waals surface area contributed by atoms with Gasteiger partial charge in [0.05, 0.1) is 18.9 Å². The maximum absolute atomic E-state index is 11.8. The molecule has 0 aliphatic heterocycles. The molecule has 3 N–H and O–H groups in total. The summed E-state index contributed by atoms with van der Waals surface area (Å²) in [6.07, 6.45) is -4.85. The first kappa shape index (κ1) is 13.3. The Morgan fingerprint density at radius 2 is 1.82 bits per heavy atom. The van der Waals surface area contributed by atoms with E-state index in [-0.39, 0.29) is 5.84 Å². The number of rotatable bonds is 5. The number of alkyl halides is 3. The van der Waals surface area contributed by atoms with E-state index in [0.29, 0.717) is 12.2 Å². The first-order valence-corrected chi connectivity index (χ1v) is 4.98. The molecule has 6 heteroatoms. The monoisotopic (exact) mass is 246 g/mol. The third kappa shape index (κ3) is 5.79. The normalized spacial score (nSPS) is 11.2. The van der Waals surface area contributed by atoms with Crippen molar-refractivity contribution in [2.45, 2.75) is 19.0 Å². The van der Waals surface area contributed by atoms with E-state index >= 15 is 0 Å². The van der Waals surface area contributed by atoms with Gasteiger partial charge in [-0.3, -0.25) is 5.41 Å². The van der Waals surface area contributed by atoms with Gasteiger partial charge in [-0.1, -0.05) is 12.1 Å². The van der Waals surface area contributed by atoms with Crippen LogP contribution in [0, 0.1) is 5.41 Å². The van der Waals surface area contributed by atoms with E-state index in [2.05, 4.69) is 0 Å². The summed E-state index contributed by atoms with van der Waals surface area (Å²) >= 11 is 0. The molecule has 0 unspecified atom stereocenters. The highest BCUT2D eigenvalue weighted by atomic mass is 19.4. The number of ether oxygens (including phenoxy) is 1. The van der Waals surface area contributed by atoms with E-state index < -0.39 is 19.2 Å². The Balaban J connectivity index is 2.43. The summed E-state index contributed by atoms with van der Waals surface area (Å²) in [5.41, 5.74) is 6.04. The Kier molecular flexibility index (Phi) is 4.37. The molecule has 0 bridgehead atoms. The fourth-order valence-corrected chi connectivity index (χ4v) is 1.21. The van der Waals surface area contributed by atoms with Gasteiger partial charge in [0.25, 0.3) is 0 Å². The predicted molar refractivity (Wildman–Crippen MR) is 58.2 cm³/mol. The van der Waals surface area contributed by atoms with Gasteiger partial charge < -0.3 is 10.5 Å². The highest BCUT2D eigenvalue weighted by Crippen LogP contribution is 2.20. The summed E-state index contributed by atoms with van der Waals surface area (Å²) in [5, 5.41) is 7.09. The van der Waals surface area contributed by atoms with Gasteiger partial charge in [-0.2, -0.15) is 13.2 Å². The average molecular weight is 246 g/mol. The van der Waals surface area contributed by atoms with E-state index in [1.807, 2.05) is 0 Å². The molecule has 0 aliphatic carbocycles. The van der Waals surface area contributed by atoms with Gasteiger partial charge in [-0.15, -0.1) is 0 Å². The zero-order valence-electron chi connectivity index (χ0n) is 9.05. The third-order valence-corrected chi connectivity index (χ3v) is 1.97. The molecule has 0 saturated carbocycles. The molecule has 0 saturated heterocycles. The molecule has 94 valence electrons. The van der Waals surface area contributed by atoms with Crippen LogP contribution in [0.15, 0.2) is 24.3 Å². The van der Waals surface area contributed by atoms with Crippen molar-refractivity contribution in [3.8, 4) is 5.75 Å². The minimum absolute atomic E-state index is 0.0377. The van der Waals surface area contributed by atoms with Crippen molar-refractivity contribution >= 4 is 5.84 Å². The van der Waals surface area contributed by atoms with Crippen molar-refractivity contribution in [3.63, 3.8) is 0 Å². The van der Waals surface area contributed by atoms with Gasteiger partial charge in [-0.05, 0) is 17.7 Å². The second-order valence-corrected chi connectivity index (χ2v) is 3.56. The summed E-state index contributed by atoms with van der Waals surface area (Å²) in [6, 6.07) is 6.47. The van der Waals surface area contributed by atoms with Crippen LogP contribution in [-0.2, 0) is 6.42 Å². The van der Waals surface area contributed by atoms with Crippen molar-refractivity contribution in [2.24, 2.45) is 5.73 Å². The molecule has 17 heavy (non-hydrogen) atoms. The van der Waals surface area contributed by atoms with E-state index in [0.717, 1.165) is 5.56 Å². The van der Waals surface area contributed by atoms with Crippen molar-refractivity contribution < 1.29 is 17.9 Å². The highest BCUT2D eigenvalue weighted by Gasteiger charge is 2.26. The van der Waals surface area contributed by atoms with Crippen LogP contribution in [0.3, 0.4) is 0 Å². The van der Waals surface area contributed by atoms with Gasteiger partial charge in [-0.25, -0.2) is 0 Å². The van der Waals surface area contributed by atoms with Crippen LogP contribution < -0.4 is 10.5 Å². The Bertz CT molecular complexity index is 373. The van der Waals surface area contributed by atoms with Gasteiger partial charge in [0.15, 0.2) is 0 Å². The number of benzene rings is 1. The maximum Gasteiger partial charge on any atom is 0.392 e. The molecule has 1 aromatic carbocycles. The summed E-state index contributed by atoms with van der Waals surface area (Å²) in [5.74, 6) is 0.414. The Labute approximate surface area is 96.9 Å². The van der Waals surface area contributed by atoms with Crippen molar-refractivity contribution in [2.75, 3.05) is 6.61 Å². The van der Waals surface area contributed by atoms with Crippen LogP contribution in [0.2, 0.25) is 0 Å². The predicted octanol–water partition coefficient (Wildman–Crippen LogP) is 2.50. The van der Waals surface area contributed by atoms with Gasteiger partial charge >= 0.3 is 6.18 Å². The molecule has 0 heterocycles. The lowest BCUT2D eigenvalue weighted by atomic mass is 10.1. The van der Waals surface area contributed by atoms with Gasteiger partial charge in [0.2, 0.25) is 0 Å². The van der Waals surface area contributed by atoms with Gasteiger partial charge in [0, 0.05) is 6.42 Å². The summed E-state index contributed by atoms with van der Waals surface area (Å²) in [7, 11) is 0. The average Bonchev–Trinajstić information content (AvgIpc) is 2.18. The van der Waals surface area contributed by atoms with Crippen LogP contribution in [0.5, 0.6) is 5.75 Å². The Hall–Kier alpha value is -1.72. The van der Waals surface area contributed by atoms with Crippen molar-refractivity contribution in [1.29, 1.82) is 5.41 Å². The SMILES string of the molecule is N=C(N)Cc1ccc(OCCC(F)(F)F)cc1. The standard InChI is InChI=1S/C11H13F3N2O/c12-11(13,14)5-6-17-9-3-1-8(2-4-9)7-10(15)16/h1-4H,5-7H2,(H3,15,16). The van der Waals surface area contributed by atoms with Crippen LogP contribution >= 0.6 is 0 Å². The van der Waals surface area contributed by atoms with Crippen LogP contribution in [0.1, 0.15) is 12.0 Å². The molecular formula is C11H13F3N2O. The Morgan fingerprint density at radius 1 is 1.24 bits per heavy atom. The smallest absolute Gasteiger partial charge is 0.392 e. The second kappa shape index (κ2) is 5.56. The molecule has 0 aliphatic rings. The fraction of sp³-hybridized carbons (Fsp3) is 0.364. The number of nitrogens with two attached hydrogens (primary N) is 1. The number of amidine groups is 1. The zero-order chi connectivity index (χ0) is 12.9. The maximum atomic E-state index is 11.8. The third-order valence-electron chi connectivity index (χ3n) is 1.97. The minimum Gasteiger partial charge on any atom is -0.493 e. The molecule has 0 fully saturated rings. The molecule has 0 aromatic heterocycles. The van der Waals surface area contributed by atoms with Crippen LogP contribution in [-0.4, -0.2) is 18.6 Å². The summed E-state index contributed by atoms with van der Waals surface area (Å²) < 4.78 is 40.5. The van der Waals surface area contributed by atoms with E-state index in [4.69, 9.17) is 15.9 Å². The highest BCUT2D eigenvalue weighted by molar-refractivity contribution is 5.79. The lowest BCUT2D eigenvalue weighted by Crippen LogP contribution is -2.13. The summed E-state index contributed by atoms with van der Waals surface area (Å²) in [4.78, 5) is 0. The van der Waals surface area contributed by atoms with Crippen LogP contribution in [0.25, 0.3) is 0 Å². The number of hydrogen-bond acceptors (Lipinski definition) is 2. The lowest BCUT2D eigenvalue weighted by Gasteiger charge is -2.09. The first-order valence-electron chi connectivity index (χ1n) is 4.98. The number of hydrogen-bond donors (Lipinski definition) is 2. The molecule has 1 rings (SSSR count). The quantitative estimate of drug-likeness (QED) is 0.619. The van der Waals surface area contributed by atoms with E-state index in [1.165, 1.54) is 0 Å². The van der Waals surface area contributed by atoms with Crippen molar-refractivity contribution in [3.05, 3.63) is 29.8 Å². The number of nitrogens with one attached hydrogen (secondary N) is 1. The fourth-order valence-electron chi connectivity index (χ4n) is 1.21. The largest absolute Gasteiger partial charge is 0.493 e. The second-order valence-electron chi connectivity index (χ2n) is 3.56. The van der Waals surface area contributed by atoms with E-state index in [9.17, 15) is 13.2 Å². The summed E-state index contributed by atoms with van der Waals surface area (Å²) in [6.45, 7) is -0.393. The molecule has 1 aromatic rings. The molecule has 0 spiro atoms. The molecular weight excluding hydrogens is 233 g/mol. The molecule has 0 atom stereocenters. The molecule has 3 nitrogen and oxygen atoms in total. The Morgan fingerprint density at radius 3 is 2.29 bits per heavy atom. The van der Waals surface area contributed by atoms with Crippen molar-refractivity contribution in [1.82, 2.24) is 0 Å². The topological polar surface area (TPSA) is 59.1 Å². The van der Waals surface area contributed by atoms with E-state index in [1.54, 1.807) is 24.3 Å². The number of halogens is 3.